The molecule has 3 heteroatoms. The number of methoxy groups -OCH3 is 2. The second kappa shape index (κ2) is 5.68. The Balaban J connectivity index is 2.17. The van der Waals surface area contributed by atoms with Crippen molar-refractivity contribution in [3.05, 3.63) is 53.6 Å². The van der Waals surface area contributed by atoms with Crippen LogP contribution in [0.15, 0.2) is 42.5 Å². The number of fused-ring (bicyclic) bond motifs is 1. The minimum atomic E-state index is 0.281. The standard InChI is InChI=1S/C18H21NO2/c1-12-11-14(13-7-4-5-8-15(13)19-12)18-16(20-2)9-6-10-17(18)21-3/h4-10,12,14,19H,11H2,1-3H3. The van der Waals surface area contributed by atoms with Gasteiger partial charge in [-0.15, -0.1) is 0 Å². The van der Waals surface area contributed by atoms with Gasteiger partial charge in [0.25, 0.3) is 0 Å². The number of hydrogen-bond donors (Lipinski definition) is 1. The van der Waals surface area contributed by atoms with Crippen LogP contribution in [-0.2, 0) is 0 Å². The average Bonchev–Trinajstić information content (AvgIpc) is 2.53. The van der Waals surface area contributed by atoms with Crippen LogP contribution in [0.4, 0.5) is 5.69 Å². The van der Waals surface area contributed by atoms with Crippen molar-refractivity contribution >= 4 is 5.69 Å². The van der Waals surface area contributed by atoms with Crippen LogP contribution >= 0.6 is 0 Å². The Morgan fingerprint density at radius 1 is 0.952 bits per heavy atom. The third-order valence-electron chi connectivity index (χ3n) is 4.14. The van der Waals surface area contributed by atoms with Crippen LogP contribution in [0.3, 0.4) is 0 Å². The van der Waals surface area contributed by atoms with Crippen LogP contribution in [0.5, 0.6) is 11.5 Å². The summed E-state index contributed by atoms with van der Waals surface area (Å²) < 4.78 is 11.2. The Morgan fingerprint density at radius 3 is 2.29 bits per heavy atom. The fraction of sp³-hybridized carbons (Fsp3) is 0.333. The summed E-state index contributed by atoms with van der Waals surface area (Å²) in [6, 6.07) is 14.9. The van der Waals surface area contributed by atoms with Crippen LogP contribution in [0, 0.1) is 0 Å². The van der Waals surface area contributed by atoms with E-state index in [-0.39, 0.29) is 5.92 Å². The maximum Gasteiger partial charge on any atom is 0.126 e. The molecule has 0 aliphatic carbocycles. The molecule has 1 N–H and O–H groups in total. The van der Waals surface area contributed by atoms with E-state index in [0.717, 1.165) is 23.5 Å². The molecule has 0 bridgehead atoms. The zero-order valence-electron chi connectivity index (χ0n) is 12.7. The number of benzene rings is 2. The first-order valence-electron chi connectivity index (χ1n) is 7.31. The second-order valence-corrected chi connectivity index (χ2v) is 5.50. The fourth-order valence-electron chi connectivity index (χ4n) is 3.23. The molecule has 0 radical (unpaired) electrons. The molecule has 0 amide bonds. The van der Waals surface area contributed by atoms with Crippen molar-refractivity contribution in [2.75, 3.05) is 19.5 Å². The predicted octanol–water partition coefficient (Wildman–Crippen LogP) is 4.04. The molecule has 3 rings (SSSR count). The highest BCUT2D eigenvalue weighted by molar-refractivity contribution is 5.61. The lowest BCUT2D eigenvalue weighted by molar-refractivity contribution is 0.378. The molecule has 2 aromatic rings. The van der Waals surface area contributed by atoms with E-state index in [0.29, 0.717) is 6.04 Å². The van der Waals surface area contributed by atoms with E-state index < -0.39 is 0 Å². The molecule has 1 aliphatic rings. The number of hydrogen-bond acceptors (Lipinski definition) is 3. The number of para-hydroxylation sites is 1. The van der Waals surface area contributed by atoms with Gasteiger partial charge in [0.1, 0.15) is 11.5 Å². The van der Waals surface area contributed by atoms with Crippen molar-refractivity contribution in [1.82, 2.24) is 0 Å². The zero-order chi connectivity index (χ0) is 14.8. The Labute approximate surface area is 125 Å². The molecule has 1 aliphatic heterocycles. The van der Waals surface area contributed by atoms with Gasteiger partial charge in [-0.2, -0.15) is 0 Å². The van der Waals surface area contributed by atoms with Crippen molar-refractivity contribution in [2.24, 2.45) is 0 Å². The van der Waals surface area contributed by atoms with Gasteiger partial charge in [-0.05, 0) is 37.1 Å². The van der Waals surface area contributed by atoms with E-state index in [1.54, 1.807) is 14.2 Å². The smallest absolute Gasteiger partial charge is 0.126 e. The first-order chi connectivity index (χ1) is 10.2. The highest BCUT2D eigenvalue weighted by atomic mass is 16.5. The highest BCUT2D eigenvalue weighted by Gasteiger charge is 2.29. The lowest BCUT2D eigenvalue weighted by atomic mass is 9.81. The Bertz CT molecular complexity index is 617. The van der Waals surface area contributed by atoms with E-state index in [9.17, 15) is 0 Å². The van der Waals surface area contributed by atoms with Gasteiger partial charge in [0, 0.05) is 23.2 Å². The minimum absolute atomic E-state index is 0.281. The normalized spacial score (nSPS) is 20.3. The molecule has 1 heterocycles. The minimum Gasteiger partial charge on any atom is -0.496 e. The number of nitrogens with one attached hydrogen (secondary N) is 1. The maximum absolute atomic E-state index is 5.59. The number of rotatable bonds is 3. The topological polar surface area (TPSA) is 30.5 Å². The van der Waals surface area contributed by atoms with Crippen LogP contribution in [0.25, 0.3) is 0 Å². The molecular weight excluding hydrogens is 262 g/mol. The summed E-state index contributed by atoms with van der Waals surface area (Å²) in [5, 5.41) is 3.55. The quantitative estimate of drug-likeness (QED) is 0.922. The predicted molar refractivity (Wildman–Crippen MR) is 85.5 cm³/mol. The van der Waals surface area contributed by atoms with E-state index in [1.807, 2.05) is 18.2 Å². The Morgan fingerprint density at radius 2 is 1.62 bits per heavy atom. The van der Waals surface area contributed by atoms with Gasteiger partial charge in [0.2, 0.25) is 0 Å². The van der Waals surface area contributed by atoms with E-state index in [1.165, 1.54) is 11.3 Å². The lowest BCUT2D eigenvalue weighted by Gasteiger charge is -2.33. The van der Waals surface area contributed by atoms with Crippen LogP contribution in [0.2, 0.25) is 0 Å². The maximum atomic E-state index is 5.59. The summed E-state index contributed by atoms with van der Waals surface area (Å²) in [7, 11) is 3.43. The van der Waals surface area contributed by atoms with Gasteiger partial charge in [0.15, 0.2) is 0 Å². The molecule has 0 saturated carbocycles. The van der Waals surface area contributed by atoms with E-state index >= 15 is 0 Å². The monoisotopic (exact) mass is 283 g/mol. The summed E-state index contributed by atoms with van der Waals surface area (Å²) >= 11 is 0. The first kappa shape index (κ1) is 13.8. The van der Waals surface area contributed by atoms with Gasteiger partial charge in [0.05, 0.1) is 14.2 Å². The van der Waals surface area contributed by atoms with Crippen LogP contribution < -0.4 is 14.8 Å². The lowest BCUT2D eigenvalue weighted by Crippen LogP contribution is -2.26. The van der Waals surface area contributed by atoms with Crippen molar-refractivity contribution in [3.63, 3.8) is 0 Å². The third-order valence-corrected chi connectivity index (χ3v) is 4.14. The molecule has 2 unspecified atom stereocenters. The molecule has 110 valence electrons. The summed E-state index contributed by atoms with van der Waals surface area (Å²) in [5.74, 6) is 2.06. The summed E-state index contributed by atoms with van der Waals surface area (Å²) in [5.41, 5.74) is 3.65. The van der Waals surface area contributed by atoms with Crippen molar-refractivity contribution < 1.29 is 9.47 Å². The van der Waals surface area contributed by atoms with E-state index in [2.05, 4.69) is 36.5 Å². The number of ether oxygens (including phenoxy) is 2. The van der Waals surface area contributed by atoms with Gasteiger partial charge in [-0.25, -0.2) is 0 Å². The molecule has 2 atom stereocenters. The van der Waals surface area contributed by atoms with Crippen LogP contribution in [0.1, 0.15) is 30.4 Å². The highest BCUT2D eigenvalue weighted by Crippen LogP contribution is 2.45. The summed E-state index contributed by atoms with van der Waals surface area (Å²) in [4.78, 5) is 0. The zero-order valence-corrected chi connectivity index (χ0v) is 12.7. The number of anilines is 1. The average molecular weight is 283 g/mol. The fourth-order valence-corrected chi connectivity index (χ4v) is 3.23. The summed E-state index contributed by atoms with van der Waals surface area (Å²) in [6.45, 7) is 2.21. The third kappa shape index (κ3) is 2.44. The van der Waals surface area contributed by atoms with Gasteiger partial charge in [-0.3, -0.25) is 0 Å². The molecule has 0 saturated heterocycles. The molecule has 0 spiro atoms. The Hall–Kier alpha value is -2.16. The Kier molecular flexibility index (Phi) is 3.74. The van der Waals surface area contributed by atoms with E-state index in [4.69, 9.17) is 9.47 Å². The SMILES string of the molecule is COc1cccc(OC)c1C1CC(C)Nc2ccccc21. The van der Waals surface area contributed by atoms with Gasteiger partial charge < -0.3 is 14.8 Å². The largest absolute Gasteiger partial charge is 0.496 e. The van der Waals surface area contributed by atoms with Crippen LogP contribution in [-0.4, -0.2) is 20.3 Å². The molecule has 0 aromatic heterocycles. The van der Waals surface area contributed by atoms with Crippen molar-refractivity contribution in [3.8, 4) is 11.5 Å². The molecule has 3 nitrogen and oxygen atoms in total. The second-order valence-electron chi connectivity index (χ2n) is 5.50. The summed E-state index contributed by atoms with van der Waals surface area (Å²) in [6.07, 6.45) is 1.02. The molecular formula is C18H21NO2. The van der Waals surface area contributed by atoms with Crippen molar-refractivity contribution in [1.29, 1.82) is 0 Å². The van der Waals surface area contributed by atoms with Crippen molar-refractivity contribution in [2.45, 2.75) is 25.3 Å². The molecule has 0 fully saturated rings. The van der Waals surface area contributed by atoms with Gasteiger partial charge >= 0.3 is 0 Å². The molecule has 21 heavy (non-hydrogen) atoms. The van der Waals surface area contributed by atoms with Gasteiger partial charge in [-0.1, -0.05) is 24.3 Å². The molecule has 2 aromatic carbocycles. The first-order valence-corrected chi connectivity index (χ1v) is 7.31.